The molecule has 26 heteroatoms. The summed E-state index contributed by atoms with van der Waals surface area (Å²) in [5, 5.41) is 8.50. The van der Waals surface area contributed by atoms with Gasteiger partial charge in [-0.2, -0.15) is 13.2 Å². The highest BCUT2D eigenvalue weighted by atomic mass is 32.2. The van der Waals surface area contributed by atoms with Gasteiger partial charge in [-0.25, -0.2) is 30.3 Å². The molecular formula is C63H76F5N9O9S3. The highest BCUT2D eigenvalue weighted by molar-refractivity contribution is 7.99. The molecule has 18 nitrogen and oxygen atoms in total. The van der Waals surface area contributed by atoms with E-state index in [1.54, 1.807) is 24.3 Å². The summed E-state index contributed by atoms with van der Waals surface area (Å²) in [7, 11) is -11.1. The largest absolute Gasteiger partial charge is 0.501 e. The van der Waals surface area contributed by atoms with Gasteiger partial charge in [0.2, 0.25) is 18.2 Å². The fourth-order valence-electron chi connectivity index (χ4n) is 13.2. The Balaban J connectivity index is 0.740. The quantitative estimate of drug-likeness (QED) is 0.0169. The van der Waals surface area contributed by atoms with Crippen LogP contribution in [0.25, 0.3) is 0 Å². The Morgan fingerprint density at radius 1 is 0.798 bits per heavy atom. The molecule has 4 unspecified atom stereocenters. The number of anilines is 3. The number of amides is 5. The SMILES string of the molecule is CCC1(C2=C(CN3CCN(c4ccc(C(=O)NS(=O)(=O)c5ccc(NC(CCN6CCN(CCCNc7cccc8c7C(=O)N(C7CCC(=O)NC7=O)C8=O)CC6)CSc6ccccc6)c(S(=O)(=O)C(F)(F)F)c5)cc4)CC3)CCC(C)(C)C2)CC1C(F)F. The fraction of sp³-hybridized carbons (Fsp3) is 0.508. The number of rotatable bonds is 24. The summed E-state index contributed by atoms with van der Waals surface area (Å²) in [4.78, 5) is 73.2. The molecule has 0 radical (unpaired) electrons. The number of benzene rings is 4. The third-order valence-electron chi connectivity index (χ3n) is 18.5. The van der Waals surface area contributed by atoms with Crippen molar-refractivity contribution in [2.24, 2.45) is 16.7 Å². The Morgan fingerprint density at radius 2 is 1.48 bits per heavy atom. The first-order chi connectivity index (χ1) is 42.3. The van der Waals surface area contributed by atoms with Crippen LogP contribution in [0.4, 0.5) is 39.0 Å². The predicted octanol–water partition coefficient (Wildman–Crippen LogP) is 8.89. The van der Waals surface area contributed by atoms with Gasteiger partial charge in [0.1, 0.15) is 10.9 Å². The van der Waals surface area contributed by atoms with Crippen LogP contribution in [0, 0.1) is 16.7 Å². The molecule has 0 spiro atoms. The van der Waals surface area contributed by atoms with E-state index < -0.39 is 100 Å². The summed E-state index contributed by atoms with van der Waals surface area (Å²) in [6.07, 6.45) is 2.69. The standard InChI is InChI=1S/C63H76F5N9O9S3/c1-4-62(38-49(62)56(64)65)48-37-61(2,3)24-22-42(48)39-75-32-34-76(35-33-75)44-16-14-41(15-17-44)57(79)72-89(85,86)46-18-19-50(53(36-46)88(83,84)63(66,67)68)70-43(40-87-45-10-6-5-7-11-45)23-27-74-30-28-73(29-31-74)26-9-25-69-51-13-8-12-47-55(51)60(82)77(59(47)81)52-20-21-54(78)71-58(52)80/h5-8,10-19,36,43,49,52,56,69-70H,4,9,20-35,37-40H2,1-3H3,(H,72,79)(H,71,78,80). The smallest absolute Gasteiger partial charge is 0.384 e. The summed E-state index contributed by atoms with van der Waals surface area (Å²) >= 11 is 1.41. The van der Waals surface area contributed by atoms with Crippen LogP contribution < -0.4 is 25.6 Å². The Hall–Kier alpha value is -6.45. The molecule has 5 amide bonds. The van der Waals surface area contributed by atoms with E-state index >= 15 is 0 Å². The van der Waals surface area contributed by atoms with Gasteiger partial charge in [0.15, 0.2) is 0 Å². The van der Waals surface area contributed by atoms with Crippen molar-refractivity contribution >= 4 is 78.2 Å². The number of piperazine rings is 2. The van der Waals surface area contributed by atoms with E-state index in [0.29, 0.717) is 109 Å². The van der Waals surface area contributed by atoms with Gasteiger partial charge in [0.05, 0.1) is 21.7 Å². The van der Waals surface area contributed by atoms with Crippen molar-refractivity contribution in [1.29, 1.82) is 0 Å². The normalized spacial score (nSPS) is 22.5. The molecule has 3 saturated heterocycles. The molecule has 4 heterocycles. The molecule has 4 aliphatic heterocycles. The number of imide groups is 2. The molecule has 10 rings (SSSR count). The minimum absolute atomic E-state index is 0.0105. The van der Waals surface area contributed by atoms with E-state index in [2.05, 4.69) is 49.4 Å². The number of thioether (sulfide) groups is 1. The lowest BCUT2D eigenvalue weighted by Crippen LogP contribution is -2.54. The summed E-state index contributed by atoms with van der Waals surface area (Å²) in [6, 6.07) is 21.0. The number of fused-ring (bicyclic) bond motifs is 1. The third kappa shape index (κ3) is 14.7. The Kier molecular flexibility index (Phi) is 19.7. The van der Waals surface area contributed by atoms with E-state index in [0.717, 1.165) is 53.4 Å². The molecule has 6 aliphatic rings. The molecule has 4 N–H and O–H groups in total. The lowest BCUT2D eigenvalue weighted by atomic mass is 9.68. The topological polar surface area (TPSA) is 218 Å². The second kappa shape index (κ2) is 26.8. The fourth-order valence-corrected chi connectivity index (χ4v) is 16.2. The van der Waals surface area contributed by atoms with E-state index in [4.69, 9.17) is 0 Å². The third-order valence-corrected chi connectivity index (χ3v) is 22.5. The van der Waals surface area contributed by atoms with Crippen molar-refractivity contribution in [3.8, 4) is 0 Å². The van der Waals surface area contributed by atoms with Crippen LogP contribution in [-0.4, -0.2) is 174 Å². The molecule has 0 bridgehead atoms. The number of halogens is 5. The van der Waals surface area contributed by atoms with Crippen molar-refractivity contribution in [2.75, 3.05) is 99.8 Å². The van der Waals surface area contributed by atoms with Crippen molar-refractivity contribution in [1.82, 2.24) is 29.6 Å². The zero-order chi connectivity index (χ0) is 63.6. The number of sulfonamides is 1. The average Bonchev–Trinajstić information content (AvgIpc) is 1.64. The van der Waals surface area contributed by atoms with Crippen LogP contribution in [0.1, 0.15) is 110 Å². The zero-order valence-corrected chi connectivity index (χ0v) is 52.5. The molecule has 4 aromatic carbocycles. The summed E-state index contributed by atoms with van der Waals surface area (Å²) in [6.45, 7) is 14.2. The molecule has 89 heavy (non-hydrogen) atoms. The Morgan fingerprint density at radius 3 is 2.13 bits per heavy atom. The number of nitrogens with zero attached hydrogens (tertiary/aromatic N) is 5. The predicted molar refractivity (Wildman–Crippen MR) is 329 cm³/mol. The van der Waals surface area contributed by atoms with E-state index in [9.17, 15) is 62.8 Å². The van der Waals surface area contributed by atoms with Crippen molar-refractivity contribution in [2.45, 2.75) is 117 Å². The van der Waals surface area contributed by atoms with Crippen LogP contribution in [0.5, 0.6) is 0 Å². The lowest BCUT2D eigenvalue weighted by molar-refractivity contribution is -0.136. The summed E-state index contributed by atoms with van der Waals surface area (Å²) in [5.41, 5.74) is -2.60. The summed E-state index contributed by atoms with van der Waals surface area (Å²) in [5.74, 6) is -3.73. The number of hydrogen-bond donors (Lipinski definition) is 4. The maximum Gasteiger partial charge on any atom is 0.501 e. The highest BCUT2D eigenvalue weighted by Gasteiger charge is 2.61. The number of piperidine rings is 1. The van der Waals surface area contributed by atoms with Crippen molar-refractivity contribution < 1.29 is 62.8 Å². The molecule has 480 valence electrons. The molecule has 1 saturated carbocycles. The van der Waals surface area contributed by atoms with Crippen molar-refractivity contribution in [3.63, 3.8) is 0 Å². The van der Waals surface area contributed by atoms with Gasteiger partial charge < -0.3 is 25.3 Å². The van der Waals surface area contributed by atoms with Gasteiger partial charge >= 0.3 is 5.51 Å². The lowest BCUT2D eigenvalue weighted by Gasteiger charge is -2.41. The maximum absolute atomic E-state index is 14.5. The van der Waals surface area contributed by atoms with Gasteiger partial charge in [-0.05, 0) is 130 Å². The minimum Gasteiger partial charge on any atom is -0.384 e. The van der Waals surface area contributed by atoms with E-state index in [1.165, 1.54) is 41.1 Å². The molecule has 4 atom stereocenters. The van der Waals surface area contributed by atoms with Crippen LogP contribution in [0.15, 0.2) is 117 Å². The van der Waals surface area contributed by atoms with Gasteiger partial charge in [-0.1, -0.05) is 56.2 Å². The number of allylic oxidation sites excluding steroid dienone is 1. The molecule has 4 fully saturated rings. The van der Waals surface area contributed by atoms with Crippen LogP contribution in [-0.2, 0) is 29.4 Å². The first-order valence-electron chi connectivity index (χ1n) is 30.3. The number of nitrogens with one attached hydrogen (secondary N) is 4. The highest BCUT2D eigenvalue weighted by Crippen LogP contribution is 2.66. The number of sulfone groups is 1. The number of carbonyl (C=O) groups excluding carboxylic acids is 5. The van der Waals surface area contributed by atoms with Gasteiger partial charge in [0.25, 0.3) is 37.6 Å². The van der Waals surface area contributed by atoms with E-state index in [1.807, 2.05) is 42.0 Å². The first kappa shape index (κ1) is 65.5. The molecular weight excluding hydrogens is 1220 g/mol. The van der Waals surface area contributed by atoms with Gasteiger partial charge in [-0.15, -0.1) is 11.8 Å². The number of alkyl halides is 5. The number of hydrogen-bond acceptors (Lipinski definition) is 16. The number of carbonyl (C=O) groups is 5. The zero-order valence-electron chi connectivity index (χ0n) is 50.1. The monoisotopic (exact) mass is 1290 g/mol. The molecule has 4 aromatic rings. The second-order valence-electron chi connectivity index (χ2n) is 24.8. The van der Waals surface area contributed by atoms with Crippen LogP contribution in [0.3, 0.4) is 0 Å². The Bertz CT molecular complexity index is 3580. The van der Waals surface area contributed by atoms with Crippen LogP contribution in [0.2, 0.25) is 0 Å². The maximum atomic E-state index is 14.5. The van der Waals surface area contributed by atoms with Gasteiger partial charge in [0, 0.05) is 123 Å². The summed E-state index contributed by atoms with van der Waals surface area (Å²) < 4.78 is 128. The van der Waals surface area contributed by atoms with Crippen molar-refractivity contribution in [3.05, 3.63) is 119 Å². The Labute approximate surface area is 520 Å². The van der Waals surface area contributed by atoms with E-state index in [-0.39, 0.29) is 40.7 Å². The van der Waals surface area contributed by atoms with Crippen LogP contribution >= 0.6 is 11.8 Å². The average molecular weight is 1290 g/mol. The minimum atomic E-state index is -6.17. The second-order valence-corrected chi connectivity index (χ2v) is 29.5. The van der Waals surface area contributed by atoms with Gasteiger partial charge in [-0.3, -0.25) is 39.1 Å². The first-order valence-corrected chi connectivity index (χ1v) is 34.3. The molecule has 0 aromatic heterocycles. The molecule has 2 aliphatic carbocycles.